The molecule has 0 atom stereocenters. The van der Waals surface area contributed by atoms with Crippen LogP contribution in [-0.2, 0) is 7.05 Å². The van der Waals surface area contributed by atoms with E-state index in [0.29, 0.717) is 5.75 Å². The first-order chi connectivity index (χ1) is 6.83. The van der Waals surface area contributed by atoms with Gasteiger partial charge in [-0.25, -0.2) is 0 Å². The molecule has 0 bridgehead atoms. The molecule has 70 valence electrons. The molecule has 0 saturated carbocycles. The maximum Gasteiger partial charge on any atom is 0.0856 e. The highest BCUT2D eigenvalue weighted by Gasteiger charge is 2.04. The summed E-state index contributed by atoms with van der Waals surface area (Å²) in [4.78, 5) is 1.18. The van der Waals surface area contributed by atoms with Crippen molar-refractivity contribution in [1.29, 1.82) is 5.26 Å². The molecule has 14 heavy (non-hydrogen) atoms. The molecular formula is C11H10N2S. The zero-order chi connectivity index (χ0) is 9.97. The standard InChI is InChI=1S/C11H10N2S/c1-13-8-11(14-7-6-12)9-4-2-3-5-10(9)13/h2-5,8H,7H2,1H3. The van der Waals surface area contributed by atoms with Crippen molar-refractivity contribution >= 4 is 22.7 Å². The maximum atomic E-state index is 8.53. The lowest BCUT2D eigenvalue weighted by atomic mass is 10.2. The molecule has 0 N–H and O–H groups in total. The summed E-state index contributed by atoms with van der Waals surface area (Å²) in [6.07, 6.45) is 2.08. The van der Waals surface area contributed by atoms with E-state index in [2.05, 4.69) is 29.0 Å². The van der Waals surface area contributed by atoms with E-state index in [1.54, 1.807) is 11.8 Å². The van der Waals surface area contributed by atoms with Crippen LogP contribution >= 0.6 is 11.8 Å². The van der Waals surface area contributed by atoms with Crippen molar-refractivity contribution in [3.8, 4) is 6.07 Å². The van der Waals surface area contributed by atoms with Gasteiger partial charge in [-0.3, -0.25) is 0 Å². The molecule has 0 radical (unpaired) electrons. The highest BCUT2D eigenvalue weighted by molar-refractivity contribution is 7.99. The first kappa shape index (κ1) is 9.17. The molecule has 1 heterocycles. The van der Waals surface area contributed by atoms with E-state index in [1.165, 1.54) is 15.8 Å². The number of thioether (sulfide) groups is 1. The number of para-hydroxylation sites is 1. The molecule has 0 saturated heterocycles. The van der Waals surface area contributed by atoms with Crippen molar-refractivity contribution in [3.63, 3.8) is 0 Å². The second kappa shape index (κ2) is 3.77. The Morgan fingerprint density at radius 1 is 1.43 bits per heavy atom. The summed E-state index contributed by atoms with van der Waals surface area (Å²) in [5, 5.41) is 9.76. The zero-order valence-corrected chi connectivity index (χ0v) is 8.71. The normalized spacial score (nSPS) is 10.3. The van der Waals surface area contributed by atoms with Gasteiger partial charge >= 0.3 is 0 Å². The largest absolute Gasteiger partial charge is 0.349 e. The van der Waals surface area contributed by atoms with Crippen LogP contribution in [0.25, 0.3) is 10.9 Å². The third-order valence-electron chi connectivity index (χ3n) is 2.15. The molecule has 2 aromatic rings. The first-order valence-electron chi connectivity index (χ1n) is 4.37. The first-order valence-corrected chi connectivity index (χ1v) is 5.35. The average Bonchev–Trinajstić information content (AvgIpc) is 2.54. The minimum Gasteiger partial charge on any atom is -0.349 e. The van der Waals surface area contributed by atoms with Gasteiger partial charge in [0.25, 0.3) is 0 Å². The molecule has 0 amide bonds. The number of nitriles is 1. The lowest BCUT2D eigenvalue weighted by Gasteiger charge is -1.93. The number of nitrogens with zero attached hydrogens (tertiary/aromatic N) is 2. The molecule has 1 aromatic heterocycles. The van der Waals surface area contributed by atoms with Crippen LogP contribution in [0.2, 0.25) is 0 Å². The Kier molecular flexibility index (Phi) is 2.47. The van der Waals surface area contributed by atoms with Crippen molar-refractivity contribution in [2.24, 2.45) is 7.05 Å². The number of rotatable bonds is 2. The van der Waals surface area contributed by atoms with Crippen molar-refractivity contribution in [3.05, 3.63) is 30.5 Å². The van der Waals surface area contributed by atoms with Crippen molar-refractivity contribution in [2.75, 3.05) is 5.75 Å². The number of hydrogen-bond acceptors (Lipinski definition) is 2. The van der Waals surface area contributed by atoms with E-state index in [-0.39, 0.29) is 0 Å². The van der Waals surface area contributed by atoms with Gasteiger partial charge in [0, 0.05) is 29.0 Å². The van der Waals surface area contributed by atoms with Crippen molar-refractivity contribution in [2.45, 2.75) is 4.90 Å². The molecule has 0 aliphatic rings. The van der Waals surface area contributed by atoms with E-state index in [1.807, 2.05) is 19.2 Å². The Labute approximate surface area is 87.1 Å². The van der Waals surface area contributed by atoms with Gasteiger partial charge in [0.1, 0.15) is 0 Å². The van der Waals surface area contributed by atoms with E-state index in [0.717, 1.165) is 0 Å². The number of hydrogen-bond donors (Lipinski definition) is 0. The number of fused-ring (bicyclic) bond motifs is 1. The van der Waals surface area contributed by atoms with Crippen LogP contribution in [0.15, 0.2) is 35.4 Å². The number of aryl methyl sites for hydroxylation is 1. The average molecular weight is 202 g/mol. The zero-order valence-electron chi connectivity index (χ0n) is 7.90. The fraction of sp³-hybridized carbons (Fsp3) is 0.182. The molecule has 0 aliphatic heterocycles. The predicted octanol–water partition coefficient (Wildman–Crippen LogP) is 2.79. The molecule has 2 rings (SSSR count). The molecule has 0 unspecified atom stereocenters. The quantitative estimate of drug-likeness (QED) is 0.701. The summed E-state index contributed by atoms with van der Waals surface area (Å²) in [7, 11) is 2.03. The molecular weight excluding hydrogens is 192 g/mol. The Bertz CT molecular complexity index is 493. The van der Waals surface area contributed by atoms with Crippen LogP contribution in [0.4, 0.5) is 0 Å². The van der Waals surface area contributed by atoms with Gasteiger partial charge in [0.05, 0.1) is 11.8 Å². The highest BCUT2D eigenvalue weighted by Crippen LogP contribution is 2.28. The lowest BCUT2D eigenvalue weighted by Crippen LogP contribution is -1.81. The fourth-order valence-electron chi connectivity index (χ4n) is 1.53. The van der Waals surface area contributed by atoms with Gasteiger partial charge in [-0.15, -0.1) is 11.8 Å². The van der Waals surface area contributed by atoms with Crippen molar-refractivity contribution in [1.82, 2.24) is 4.57 Å². The van der Waals surface area contributed by atoms with Gasteiger partial charge < -0.3 is 4.57 Å². The summed E-state index contributed by atoms with van der Waals surface area (Å²) in [5.74, 6) is 0.508. The fourth-order valence-corrected chi connectivity index (χ4v) is 2.31. The summed E-state index contributed by atoms with van der Waals surface area (Å²) >= 11 is 1.59. The van der Waals surface area contributed by atoms with Gasteiger partial charge in [0.15, 0.2) is 0 Å². The maximum absolute atomic E-state index is 8.53. The summed E-state index contributed by atoms with van der Waals surface area (Å²) in [5.41, 5.74) is 1.22. The van der Waals surface area contributed by atoms with Crippen LogP contribution in [0.5, 0.6) is 0 Å². The smallest absolute Gasteiger partial charge is 0.0856 e. The SMILES string of the molecule is Cn1cc(SCC#N)c2ccccc21. The van der Waals surface area contributed by atoms with Crippen LogP contribution in [0.1, 0.15) is 0 Å². The van der Waals surface area contributed by atoms with E-state index < -0.39 is 0 Å². The molecule has 1 aromatic carbocycles. The summed E-state index contributed by atoms with van der Waals surface area (Å²) in [6, 6.07) is 10.4. The van der Waals surface area contributed by atoms with Crippen LogP contribution in [0, 0.1) is 11.3 Å². The summed E-state index contributed by atoms with van der Waals surface area (Å²) in [6.45, 7) is 0. The monoisotopic (exact) mass is 202 g/mol. The molecule has 2 nitrogen and oxygen atoms in total. The van der Waals surface area contributed by atoms with Crippen molar-refractivity contribution < 1.29 is 0 Å². The van der Waals surface area contributed by atoms with Gasteiger partial charge in [-0.2, -0.15) is 5.26 Å². The number of aromatic nitrogens is 1. The second-order valence-corrected chi connectivity index (χ2v) is 4.09. The lowest BCUT2D eigenvalue weighted by molar-refractivity contribution is 0.958. The second-order valence-electron chi connectivity index (χ2n) is 3.07. The van der Waals surface area contributed by atoms with Crippen LogP contribution < -0.4 is 0 Å². The Morgan fingerprint density at radius 3 is 3.00 bits per heavy atom. The highest BCUT2D eigenvalue weighted by atomic mass is 32.2. The third-order valence-corrected chi connectivity index (χ3v) is 3.06. The minimum atomic E-state index is 0.508. The van der Waals surface area contributed by atoms with E-state index in [4.69, 9.17) is 5.26 Å². The topological polar surface area (TPSA) is 28.7 Å². The molecule has 3 heteroatoms. The number of benzene rings is 1. The van der Waals surface area contributed by atoms with Gasteiger partial charge in [-0.1, -0.05) is 18.2 Å². The predicted molar refractivity (Wildman–Crippen MR) is 59.3 cm³/mol. The van der Waals surface area contributed by atoms with Crippen LogP contribution in [-0.4, -0.2) is 10.3 Å². The Balaban J connectivity index is 2.51. The van der Waals surface area contributed by atoms with E-state index in [9.17, 15) is 0 Å². The van der Waals surface area contributed by atoms with Crippen LogP contribution in [0.3, 0.4) is 0 Å². The van der Waals surface area contributed by atoms with E-state index >= 15 is 0 Å². The third kappa shape index (κ3) is 1.49. The van der Waals surface area contributed by atoms with Gasteiger partial charge in [0.2, 0.25) is 0 Å². The van der Waals surface area contributed by atoms with Gasteiger partial charge in [-0.05, 0) is 6.07 Å². The summed E-state index contributed by atoms with van der Waals surface area (Å²) < 4.78 is 2.09. The molecule has 0 fully saturated rings. The Morgan fingerprint density at radius 2 is 2.21 bits per heavy atom. The molecule has 0 spiro atoms. The minimum absolute atomic E-state index is 0.508. The molecule has 0 aliphatic carbocycles. The Hall–Kier alpha value is -1.40.